The second-order valence-corrected chi connectivity index (χ2v) is 3.22. The zero-order valence-electron chi connectivity index (χ0n) is 8.20. The van der Waals surface area contributed by atoms with E-state index in [2.05, 4.69) is 5.16 Å². The molecule has 78 valence electrons. The summed E-state index contributed by atoms with van der Waals surface area (Å²) in [6.07, 6.45) is 0. The van der Waals surface area contributed by atoms with Crippen LogP contribution in [0.5, 0.6) is 0 Å². The highest BCUT2D eigenvalue weighted by atomic mass is 19.1. The summed E-state index contributed by atoms with van der Waals surface area (Å²) in [7, 11) is 0. The summed E-state index contributed by atoms with van der Waals surface area (Å²) in [4.78, 5) is 0. The molecular formula is C11H10FNO2. The van der Waals surface area contributed by atoms with E-state index in [1.807, 2.05) is 0 Å². The molecule has 0 aliphatic carbocycles. The highest BCUT2D eigenvalue weighted by molar-refractivity contribution is 5.62. The molecular weight excluding hydrogens is 197 g/mol. The zero-order valence-corrected chi connectivity index (χ0v) is 8.20. The third-order valence-electron chi connectivity index (χ3n) is 2.29. The molecule has 1 N–H and O–H groups in total. The maximum atomic E-state index is 13.4. The Hall–Kier alpha value is -1.68. The van der Waals surface area contributed by atoms with E-state index >= 15 is 0 Å². The van der Waals surface area contributed by atoms with Gasteiger partial charge in [0.15, 0.2) is 5.76 Å². The first-order valence-electron chi connectivity index (χ1n) is 4.55. The molecule has 4 heteroatoms. The molecule has 0 saturated carbocycles. The maximum absolute atomic E-state index is 13.4. The number of nitrogens with zero attached hydrogens (tertiary/aromatic N) is 1. The van der Waals surface area contributed by atoms with Crippen molar-refractivity contribution in [3.05, 3.63) is 41.3 Å². The summed E-state index contributed by atoms with van der Waals surface area (Å²) in [5, 5.41) is 12.6. The monoisotopic (exact) mass is 207 g/mol. The van der Waals surface area contributed by atoms with Crippen molar-refractivity contribution in [1.82, 2.24) is 5.16 Å². The first-order valence-corrected chi connectivity index (χ1v) is 4.55. The second-order valence-electron chi connectivity index (χ2n) is 3.22. The average molecular weight is 207 g/mol. The van der Waals surface area contributed by atoms with Gasteiger partial charge in [-0.25, -0.2) is 4.39 Å². The van der Waals surface area contributed by atoms with Crippen molar-refractivity contribution < 1.29 is 14.0 Å². The van der Waals surface area contributed by atoms with Gasteiger partial charge >= 0.3 is 0 Å². The summed E-state index contributed by atoms with van der Waals surface area (Å²) in [5.41, 5.74) is 1.47. The summed E-state index contributed by atoms with van der Waals surface area (Å²) in [6, 6.07) is 6.30. The van der Waals surface area contributed by atoms with Gasteiger partial charge < -0.3 is 9.63 Å². The number of hydrogen-bond donors (Lipinski definition) is 1. The summed E-state index contributed by atoms with van der Waals surface area (Å²) in [5.74, 6) is 0.0124. The van der Waals surface area contributed by atoms with Crippen molar-refractivity contribution in [1.29, 1.82) is 0 Å². The van der Waals surface area contributed by atoms with E-state index in [1.54, 1.807) is 25.1 Å². The lowest BCUT2D eigenvalue weighted by Gasteiger charge is -1.98. The standard InChI is InChI=1S/C11H10FNO2/c1-7-10(6-14)13-15-11(7)8-4-2-3-5-9(8)12/h2-5,14H,6H2,1H3. The van der Waals surface area contributed by atoms with E-state index in [4.69, 9.17) is 9.63 Å². The third kappa shape index (κ3) is 1.64. The minimum Gasteiger partial charge on any atom is -0.390 e. The fourth-order valence-electron chi connectivity index (χ4n) is 1.41. The Bertz CT molecular complexity index is 479. The van der Waals surface area contributed by atoms with Crippen LogP contribution in [-0.4, -0.2) is 10.3 Å². The van der Waals surface area contributed by atoms with Crippen LogP contribution in [0.3, 0.4) is 0 Å². The van der Waals surface area contributed by atoms with Crippen molar-refractivity contribution in [2.45, 2.75) is 13.5 Å². The number of hydrogen-bond acceptors (Lipinski definition) is 3. The lowest BCUT2D eigenvalue weighted by Crippen LogP contribution is -1.87. The smallest absolute Gasteiger partial charge is 0.173 e. The van der Waals surface area contributed by atoms with Gasteiger partial charge in [-0.2, -0.15) is 0 Å². The lowest BCUT2D eigenvalue weighted by molar-refractivity contribution is 0.266. The number of aromatic nitrogens is 1. The minimum atomic E-state index is -0.360. The van der Waals surface area contributed by atoms with Crippen LogP contribution < -0.4 is 0 Å². The van der Waals surface area contributed by atoms with Crippen molar-refractivity contribution in [3.63, 3.8) is 0 Å². The van der Waals surface area contributed by atoms with Crippen LogP contribution in [0.2, 0.25) is 0 Å². The lowest BCUT2D eigenvalue weighted by atomic mass is 10.1. The Morgan fingerprint density at radius 3 is 2.73 bits per heavy atom. The number of aliphatic hydroxyl groups excluding tert-OH is 1. The Morgan fingerprint density at radius 1 is 1.40 bits per heavy atom. The fourth-order valence-corrected chi connectivity index (χ4v) is 1.41. The van der Waals surface area contributed by atoms with Gasteiger partial charge in [0.2, 0.25) is 0 Å². The molecule has 0 atom stereocenters. The average Bonchev–Trinajstić information content (AvgIpc) is 2.60. The zero-order chi connectivity index (χ0) is 10.8. The summed E-state index contributed by atoms with van der Waals surface area (Å²) in [6.45, 7) is 1.54. The van der Waals surface area contributed by atoms with Crippen molar-refractivity contribution in [2.75, 3.05) is 0 Å². The Labute approximate surface area is 86.1 Å². The fraction of sp³-hybridized carbons (Fsp3) is 0.182. The molecule has 1 aromatic carbocycles. The molecule has 0 aliphatic rings. The first kappa shape index (κ1) is 9.86. The molecule has 1 aromatic heterocycles. The molecule has 15 heavy (non-hydrogen) atoms. The molecule has 3 nitrogen and oxygen atoms in total. The molecule has 0 unspecified atom stereocenters. The van der Waals surface area contributed by atoms with Crippen LogP contribution in [0.25, 0.3) is 11.3 Å². The van der Waals surface area contributed by atoms with Crippen LogP contribution in [0.4, 0.5) is 4.39 Å². The number of aliphatic hydroxyl groups is 1. The normalized spacial score (nSPS) is 10.6. The molecule has 0 radical (unpaired) electrons. The maximum Gasteiger partial charge on any atom is 0.173 e. The van der Waals surface area contributed by atoms with Gasteiger partial charge in [0.25, 0.3) is 0 Å². The van der Waals surface area contributed by atoms with E-state index in [0.717, 1.165) is 0 Å². The highest BCUT2D eigenvalue weighted by Crippen LogP contribution is 2.27. The van der Waals surface area contributed by atoms with Gasteiger partial charge in [-0.15, -0.1) is 0 Å². The molecule has 0 saturated heterocycles. The largest absolute Gasteiger partial charge is 0.390 e. The molecule has 0 amide bonds. The predicted molar refractivity (Wildman–Crippen MR) is 52.6 cm³/mol. The van der Waals surface area contributed by atoms with Gasteiger partial charge in [-0.1, -0.05) is 17.3 Å². The van der Waals surface area contributed by atoms with Crippen molar-refractivity contribution >= 4 is 0 Å². The van der Waals surface area contributed by atoms with Crippen LogP contribution >= 0.6 is 0 Å². The Balaban J connectivity index is 2.55. The SMILES string of the molecule is Cc1c(CO)noc1-c1ccccc1F. The Kier molecular flexibility index (Phi) is 2.51. The van der Waals surface area contributed by atoms with E-state index in [1.165, 1.54) is 6.07 Å². The molecule has 0 bridgehead atoms. The number of rotatable bonds is 2. The molecule has 0 aliphatic heterocycles. The van der Waals surface area contributed by atoms with Gasteiger partial charge in [0.1, 0.15) is 11.5 Å². The molecule has 0 fully saturated rings. The second kappa shape index (κ2) is 3.82. The van der Waals surface area contributed by atoms with E-state index < -0.39 is 0 Å². The summed E-state index contributed by atoms with van der Waals surface area (Å²) < 4.78 is 18.4. The van der Waals surface area contributed by atoms with Gasteiger partial charge in [-0.3, -0.25) is 0 Å². The first-order chi connectivity index (χ1) is 7.24. The van der Waals surface area contributed by atoms with Crippen LogP contribution in [-0.2, 0) is 6.61 Å². The van der Waals surface area contributed by atoms with Crippen molar-refractivity contribution in [2.24, 2.45) is 0 Å². The van der Waals surface area contributed by atoms with E-state index in [-0.39, 0.29) is 12.4 Å². The van der Waals surface area contributed by atoms with Gasteiger partial charge in [0.05, 0.1) is 12.2 Å². The van der Waals surface area contributed by atoms with Crippen LogP contribution in [0, 0.1) is 12.7 Å². The quantitative estimate of drug-likeness (QED) is 0.821. The molecule has 2 aromatic rings. The minimum absolute atomic E-state index is 0.205. The van der Waals surface area contributed by atoms with E-state index in [9.17, 15) is 4.39 Å². The third-order valence-corrected chi connectivity index (χ3v) is 2.29. The van der Waals surface area contributed by atoms with Crippen LogP contribution in [0.1, 0.15) is 11.3 Å². The molecule has 1 heterocycles. The highest BCUT2D eigenvalue weighted by Gasteiger charge is 2.15. The van der Waals surface area contributed by atoms with E-state index in [0.29, 0.717) is 22.6 Å². The number of halogens is 1. The molecule has 2 rings (SSSR count). The van der Waals surface area contributed by atoms with Crippen molar-refractivity contribution in [3.8, 4) is 11.3 Å². The predicted octanol–water partition coefficient (Wildman–Crippen LogP) is 2.28. The van der Waals surface area contributed by atoms with Crippen LogP contribution in [0.15, 0.2) is 28.8 Å². The Morgan fingerprint density at radius 2 is 2.13 bits per heavy atom. The summed E-state index contributed by atoms with van der Waals surface area (Å²) >= 11 is 0. The molecule has 0 spiro atoms. The van der Waals surface area contributed by atoms with Gasteiger partial charge in [-0.05, 0) is 19.1 Å². The van der Waals surface area contributed by atoms with Gasteiger partial charge in [0, 0.05) is 5.56 Å². The topological polar surface area (TPSA) is 46.3 Å². The number of benzene rings is 1.